The van der Waals surface area contributed by atoms with Crippen LogP contribution >= 0.6 is 11.3 Å². The number of ether oxygens (including phenoxy) is 1. The number of thiazole rings is 1. The van der Waals surface area contributed by atoms with E-state index in [0.717, 1.165) is 52.7 Å². The van der Waals surface area contributed by atoms with Gasteiger partial charge in [0.25, 0.3) is 0 Å². The van der Waals surface area contributed by atoms with Crippen molar-refractivity contribution in [3.05, 3.63) is 64.4 Å². The number of carboxylic acid groups (broad SMARTS) is 1. The number of aromatic carboxylic acids is 1. The maximum absolute atomic E-state index is 13.8. The second-order valence-electron chi connectivity index (χ2n) is 11.3. The molecule has 4 aromatic rings. The number of hydrogen-bond acceptors (Lipinski definition) is 8. The fourth-order valence-electron chi connectivity index (χ4n) is 6.41. The highest BCUT2D eigenvalue weighted by molar-refractivity contribution is 7.22. The van der Waals surface area contributed by atoms with Gasteiger partial charge >= 0.3 is 18.1 Å². The van der Waals surface area contributed by atoms with Crippen LogP contribution in [-0.2, 0) is 10.9 Å². The third kappa shape index (κ3) is 4.61. The number of esters is 1. The van der Waals surface area contributed by atoms with Gasteiger partial charge in [-0.2, -0.15) is 13.2 Å². The molecule has 3 fully saturated rings. The van der Waals surface area contributed by atoms with Gasteiger partial charge in [0.05, 0.1) is 21.3 Å². The number of aromatic nitrogens is 2. The quantitative estimate of drug-likeness (QED) is 0.233. The monoisotopic (exact) mass is 597 g/mol. The van der Waals surface area contributed by atoms with Gasteiger partial charge in [-0.25, -0.2) is 14.6 Å². The molecule has 2 aromatic carbocycles. The number of alkyl halides is 3. The van der Waals surface area contributed by atoms with E-state index >= 15 is 0 Å². The van der Waals surface area contributed by atoms with Crippen LogP contribution < -0.4 is 4.90 Å². The van der Waals surface area contributed by atoms with Crippen molar-refractivity contribution in [2.75, 3.05) is 4.90 Å². The molecular weight excluding hydrogens is 571 g/mol. The van der Waals surface area contributed by atoms with E-state index in [0.29, 0.717) is 12.8 Å². The Morgan fingerprint density at radius 2 is 1.81 bits per heavy atom. The average Bonchev–Trinajstić information content (AvgIpc) is 3.43. The highest BCUT2D eigenvalue weighted by Crippen LogP contribution is 2.47. The number of piperidine rings is 1. The number of carboxylic acids is 1. The van der Waals surface area contributed by atoms with Crippen molar-refractivity contribution in [2.45, 2.75) is 75.7 Å². The summed E-state index contributed by atoms with van der Waals surface area (Å²) in [4.78, 5) is 32.3. The number of halogens is 3. The number of benzene rings is 2. The molecule has 2 aliphatic heterocycles. The Morgan fingerprint density at radius 3 is 2.48 bits per heavy atom. The minimum atomic E-state index is -4.63. The maximum atomic E-state index is 13.8. The summed E-state index contributed by atoms with van der Waals surface area (Å²) in [6.45, 7) is 1.85. The smallest absolute Gasteiger partial charge is 0.417 e. The largest absolute Gasteiger partial charge is 0.478 e. The van der Waals surface area contributed by atoms with Gasteiger partial charge in [0, 0.05) is 36.4 Å². The number of carbonyl (C=O) groups is 2. The van der Waals surface area contributed by atoms with Gasteiger partial charge in [0.1, 0.15) is 17.4 Å². The lowest BCUT2D eigenvalue weighted by Gasteiger charge is -2.38. The third-order valence-corrected chi connectivity index (χ3v) is 9.48. The molecule has 1 N–H and O–H groups in total. The van der Waals surface area contributed by atoms with Crippen molar-refractivity contribution >= 4 is 38.6 Å². The predicted molar refractivity (Wildman–Crippen MR) is 148 cm³/mol. The molecule has 0 spiro atoms. The van der Waals surface area contributed by atoms with E-state index < -0.39 is 29.8 Å². The summed E-state index contributed by atoms with van der Waals surface area (Å²) >= 11 is 1.46. The van der Waals surface area contributed by atoms with Crippen molar-refractivity contribution in [1.82, 2.24) is 10.1 Å². The number of hydrogen-bond donors (Lipinski definition) is 1. The van der Waals surface area contributed by atoms with Crippen LogP contribution in [0.25, 0.3) is 21.5 Å². The number of nitrogens with zero attached hydrogens (tertiary/aromatic N) is 3. The molecule has 218 valence electrons. The van der Waals surface area contributed by atoms with Crippen LogP contribution in [-0.4, -0.2) is 45.4 Å². The summed E-state index contributed by atoms with van der Waals surface area (Å²) in [6, 6.07) is 8.44. The van der Waals surface area contributed by atoms with Gasteiger partial charge < -0.3 is 19.3 Å². The number of fused-ring (bicyclic) bond motifs is 3. The molecule has 1 aliphatic carbocycles. The number of rotatable bonds is 6. The zero-order valence-electron chi connectivity index (χ0n) is 22.5. The van der Waals surface area contributed by atoms with Crippen molar-refractivity contribution in [3.8, 4) is 11.3 Å². The zero-order chi connectivity index (χ0) is 29.3. The normalized spacial score (nSPS) is 22.1. The van der Waals surface area contributed by atoms with Gasteiger partial charge in [-0.1, -0.05) is 34.7 Å². The van der Waals surface area contributed by atoms with Crippen LogP contribution in [0.3, 0.4) is 0 Å². The predicted octanol–water partition coefficient (Wildman–Crippen LogP) is 7.21. The number of carbonyl (C=O) groups excluding carboxylic acids is 1. The molecule has 2 bridgehead atoms. The molecule has 3 aliphatic rings. The summed E-state index contributed by atoms with van der Waals surface area (Å²) in [5.74, 6) is -1.47. The lowest BCUT2D eigenvalue weighted by Crippen LogP contribution is -2.46. The maximum Gasteiger partial charge on any atom is 0.417 e. The minimum absolute atomic E-state index is 0.0140. The molecule has 1 saturated carbocycles. The molecule has 12 heteroatoms. The lowest BCUT2D eigenvalue weighted by molar-refractivity contribution is -0.137. The van der Waals surface area contributed by atoms with Crippen LogP contribution in [0.15, 0.2) is 40.9 Å². The van der Waals surface area contributed by atoms with Crippen molar-refractivity contribution in [3.63, 3.8) is 0 Å². The van der Waals surface area contributed by atoms with E-state index in [1.54, 1.807) is 12.1 Å². The van der Waals surface area contributed by atoms with E-state index in [4.69, 9.17) is 14.2 Å². The molecule has 42 heavy (non-hydrogen) atoms. The Bertz CT molecular complexity index is 1710. The Kier molecular flexibility index (Phi) is 6.30. The molecule has 2 unspecified atom stereocenters. The van der Waals surface area contributed by atoms with Crippen LogP contribution in [0, 0.1) is 6.92 Å². The Balaban J connectivity index is 1.14. The van der Waals surface area contributed by atoms with Crippen molar-refractivity contribution < 1.29 is 37.1 Å². The second-order valence-corrected chi connectivity index (χ2v) is 12.3. The first-order valence-corrected chi connectivity index (χ1v) is 14.7. The van der Waals surface area contributed by atoms with E-state index in [-0.39, 0.29) is 46.1 Å². The van der Waals surface area contributed by atoms with Crippen LogP contribution in [0.2, 0.25) is 0 Å². The van der Waals surface area contributed by atoms with Gasteiger partial charge in [-0.15, -0.1) is 0 Å². The van der Waals surface area contributed by atoms with Crippen molar-refractivity contribution in [2.24, 2.45) is 0 Å². The molecule has 2 atom stereocenters. The molecular formula is C30H26F3N3O5S. The third-order valence-electron chi connectivity index (χ3n) is 8.46. The fraction of sp³-hybridized carbons (Fsp3) is 0.400. The van der Waals surface area contributed by atoms with E-state index in [9.17, 15) is 27.9 Å². The van der Waals surface area contributed by atoms with E-state index in [1.165, 1.54) is 29.5 Å². The van der Waals surface area contributed by atoms with Gasteiger partial charge in [-0.05, 0) is 56.4 Å². The summed E-state index contributed by atoms with van der Waals surface area (Å²) in [7, 11) is 0. The first-order valence-electron chi connectivity index (χ1n) is 13.9. The van der Waals surface area contributed by atoms with Gasteiger partial charge in [0.2, 0.25) is 0 Å². The standard InChI is InChI=1S/C30H26F3N3O5S/c1-14-10-16(27(37)38)11-22-24(14)34-29(42-22)36-17-8-9-18(36)13-19(12-17)40-28(39)23-25(35-41-26(23)15-6-7-15)20-4-2-3-5-21(20)30(31,32)33/h2-5,10-11,15,17-19H,6-9,12-13H2,1H3,(H,37,38). The molecule has 0 amide bonds. The zero-order valence-corrected chi connectivity index (χ0v) is 23.3. The Hall–Kier alpha value is -3.93. The number of aryl methyl sites for hydroxylation is 1. The highest BCUT2D eigenvalue weighted by atomic mass is 32.1. The first-order chi connectivity index (χ1) is 20.1. The Labute approximate surface area is 242 Å². The second kappa shape index (κ2) is 9.82. The van der Waals surface area contributed by atoms with E-state index in [1.807, 2.05) is 6.92 Å². The van der Waals surface area contributed by atoms with Crippen LogP contribution in [0.5, 0.6) is 0 Å². The topological polar surface area (TPSA) is 106 Å². The van der Waals surface area contributed by atoms with Crippen molar-refractivity contribution in [1.29, 1.82) is 0 Å². The highest BCUT2D eigenvalue weighted by Gasteiger charge is 2.45. The molecule has 4 heterocycles. The van der Waals surface area contributed by atoms with Crippen LogP contribution in [0.1, 0.15) is 82.0 Å². The lowest BCUT2D eigenvalue weighted by atomic mass is 9.98. The fourth-order valence-corrected chi connectivity index (χ4v) is 7.64. The molecule has 0 radical (unpaired) electrons. The summed E-state index contributed by atoms with van der Waals surface area (Å²) < 4.78 is 53.7. The minimum Gasteiger partial charge on any atom is -0.478 e. The SMILES string of the molecule is Cc1cc(C(=O)O)cc2sc(N3C4CCC3CC(OC(=O)c3c(-c5ccccc5C(F)(F)F)noc3C3CC3)C4)nc12. The van der Waals surface area contributed by atoms with Gasteiger partial charge in [-0.3, -0.25) is 0 Å². The molecule has 2 aromatic heterocycles. The number of anilines is 1. The average molecular weight is 598 g/mol. The summed E-state index contributed by atoms with van der Waals surface area (Å²) in [6.07, 6.45) is -0.628. The molecule has 8 nitrogen and oxygen atoms in total. The molecule has 7 rings (SSSR count). The van der Waals surface area contributed by atoms with E-state index in [2.05, 4.69) is 10.1 Å². The first kappa shape index (κ1) is 26.9. The summed E-state index contributed by atoms with van der Waals surface area (Å²) in [5, 5.41) is 14.2. The Morgan fingerprint density at radius 1 is 1.10 bits per heavy atom. The van der Waals surface area contributed by atoms with Gasteiger partial charge in [0.15, 0.2) is 10.9 Å². The summed E-state index contributed by atoms with van der Waals surface area (Å²) in [5.41, 5.74) is 0.551. The van der Waals surface area contributed by atoms with Crippen LogP contribution in [0.4, 0.5) is 18.3 Å². The molecule has 2 saturated heterocycles.